The molecule has 0 radical (unpaired) electrons. The summed E-state index contributed by atoms with van der Waals surface area (Å²) in [6, 6.07) is 21.6. The summed E-state index contributed by atoms with van der Waals surface area (Å²) >= 11 is 1.27. The molecule has 1 atom stereocenters. The van der Waals surface area contributed by atoms with E-state index in [1.807, 2.05) is 34.9 Å². The maximum Gasteiger partial charge on any atom is 0.242 e. The SMILES string of the molecule is O=C(Nc1ccc(F)cc1)[C@H](Sc1nnc(-c2ccccc2F)n1C1CC1)c1ccccc1. The number of anilines is 1. The highest BCUT2D eigenvalue weighted by Gasteiger charge is 2.33. The molecule has 1 heterocycles. The summed E-state index contributed by atoms with van der Waals surface area (Å²) in [6.45, 7) is 0. The molecule has 1 aromatic heterocycles. The molecule has 1 aliphatic rings. The molecule has 5 nitrogen and oxygen atoms in total. The fraction of sp³-hybridized carbons (Fsp3) is 0.160. The number of benzene rings is 3. The molecule has 0 saturated heterocycles. The number of rotatable bonds is 7. The second-order valence-electron chi connectivity index (χ2n) is 7.79. The van der Waals surface area contributed by atoms with E-state index in [1.165, 1.54) is 42.1 Å². The minimum atomic E-state index is -0.633. The number of nitrogens with zero attached hydrogens (tertiary/aromatic N) is 3. The van der Waals surface area contributed by atoms with Crippen LogP contribution in [0.2, 0.25) is 0 Å². The van der Waals surface area contributed by atoms with Crippen LogP contribution in [0, 0.1) is 11.6 Å². The highest BCUT2D eigenvalue weighted by Crippen LogP contribution is 2.44. The van der Waals surface area contributed by atoms with Crippen LogP contribution in [0.25, 0.3) is 11.4 Å². The molecule has 3 aromatic carbocycles. The number of thioether (sulfide) groups is 1. The smallest absolute Gasteiger partial charge is 0.242 e. The monoisotopic (exact) mass is 462 g/mol. The molecule has 0 unspecified atom stereocenters. The van der Waals surface area contributed by atoms with Crippen molar-refractivity contribution >= 4 is 23.4 Å². The highest BCUT2D eigenvalue weighted by atomic mass is 32.2. The Bertz CT molecular complexity index is 1270. The standard InChI is InChI=1S/C25H20F2N4OS/c26-17-10-12-18(13-11-17)28-24(32)22(16-6-2-1-3-7-16)33-25-30-29-23(31(25)19-14-15-19)20-8-4-5-9-21(20)27/h1-13,19,22H,14-15H2,(H,28,32)/t22-/m1/s1. The van der Waals surface area contributed by atoms with E-state index < -0.39 is 5.25 Å². The summed E-state index contributed by atoms with van der Waals surface area (Å²) in [5.74, 6) is -0.545. The normalized spacial score (nSPS) is 14.1. The van der Waals surface area contributed by atoms with Gasteiger partial charge in [0, 0.05) is 11.7 Å². The molecule has 8 heteroatoms. The quantitative estimate of drug-likeness (QED) is 0.341. The van der Waals surface area contributed by atoms with Crippen LogP contribution in [-0.2, 0) is 4.79 Å². The Morgan fingerprint density at radius 3 is 2.33 bits per heavy atom. The fourth-order valence-corrected chi connectivity index (χ4v) is 4.70. The van der Waals surface area contributed by atoms with Gasteiger partial charge in [-0.15, -0.1) is 10.2 Å². The summed E-state index contributed by atoms with van der Waals surface area (Å²) in [4.78, 5) is 13.3. The van der Waals surface area contributed by atoms with E-state index in [4.69, 9.17) is 0 Å². The number of carbonyl (C=O) groups is 1. The Balaban J connectivity index is 1.49. The van der Waals surface area contributed by atoms with Crippen molar-refractivity contribution in [1.29, 1.82) is 0 Å². The lowest BCUT2D eigenvalue weighted by atomic mass is 10.1. The molecule has 166 valence electrons. The van der Waals surface area contributed by atoms with E-state index in [0.29, 0.717) is 22.2 Å². The Kier molecular flexibility index (Phi) is 5.92. The Hall–Kier alpha value is -3.52. The summed E-state index contributed by atoms with van der Waals surface area (Å²) < 4.78 is 29.7. The number of amides is 1. The van der Waals surface area contributed by atoms with Crippen LogP contribution in [0.3, 0.4) is 0 Å². The molecular formula is C25H20F2N4OS. The molecule has 33 heavy (non-hydrogen) atoms. The third-order valence-electron chi connectivity index (χ3n) is 5.37. The molecule has 0 spiro atoms. The molecule has 1 N–H and O–H groups in total. The third-order valence-corrected chi connectivity index (χ3v) is 6.58. The average Bonchev–Trinajstić information content (AvgIpc) is 3.59. The molecule has 5 rings (SSSR count). The summed E-state index contributed by atoms with van der Waals surface area (Å²) in [7, 11) is 0. The maximum absolute atomic E-state index is 14.5. The van der Waals surface area contributed by atoms with Crippen LogP contribution in [0.5, 0.6) is 0 Å². The zero-order chi connectivity index (χ0) is 22.8. The predicted octanol–water partition coefficient (Wildman–Crippen LogP) is 6.03. The van der Waals surface area contributed by atoms with E-state index in [-0.39, 0.29) is 23.6 Å². The van der Waals surface area contributed by atoms with Crippen LogP contribution in [0.15, 0.2) is 84.0 Å². The number of halogens is 2. The Morgan fingerprint density at radius 2 is 1.64 bits per heavy atom. The van der Waals surface area contributed by atoms with Crippen molar-refractivity contribution in [3.63, 3.8) is 0 Å². The van der Waals surface area contributed by atoms with Gasteiger partial charge in [-0.05, 0) is 54.8 Å². The molecule has 0 aliphatic heterocycles. The molecule has 1 saturated carbocycles. The number of nitrogens with one attached hydrogen (secondary N) is 1. The first kappa shape index (κ1) is 21.3. The van der Waals surface area contributed by atoms with Gasteiger partial charge in [0.05, 0.1) is 5.56 Å². The van der Waals surface area contributed by atoms with E-state index in [1.54, 1.807) is 18.2 Å². The number of hydrogen-bond acceptors (Lipinski definition) is 4. The van der Waals surface area contributed by atoms with Crippen LogP contribution in [-0.4, -0.2) is 20.7 Å². The first-order chi connectivity index (χ1) is 16.1. The molecule has 1 fully saturated rings. The lowest BCUT2D eigenvalue weighted by Gasteiger charge is -2.17. The maximum atomic E-state index is 14.5. The first-order valence-electron chi connectivity index (χ1n) is 10.6. The number of carbonyl (C=O) groups excluding carboxylic acids is 1. The van der Waals surface area contributed by atoms with Gasteiger partial charge in [0.1, 0.15) is 16.9 Å². The lowest BCUT2D eigenvalue weighted by molar-refractivity contribution is -0.115. The van der Waals surface area contributed by atoms with Crippen LogP contribution < -0.4 is 5.32 Å². The number of hydrogen-bond donors (Lipinski definition) is 1. The van der Waals surface area contributed by atoms with Crippen molar-refractivity contribution in [3.8, 4) is 11.4 Å². The largest absolute Gasteiger partial charge is 0.325 e. The van der Waals surface area contributed by atoms with Crippen molar-refractivity contribution in [2.45, 2.75) is 29.3 Å². The van der Waals surface area contributed by atoms with Gasteiger partial charge in [0.2, 0.25) is 5.91 Å². The van der Waals surface area contributed by atoms with Crippen LogP contribution in [0.1, 0.15) is 29.7 Å². The van der Waals surface area contributed by atoms with Crippen molar-refractivity contribution in [2.75, 3.05) is 5.32 Å². The van der Waals surface area contributed by atoms with E-state index in [2.05, 4.69) is 15.5 Å². The van der Waals surface area contributed by atoms with Gasteiger partial charge in [-0.1, -0.05) is 54.2 Å². The average molecular weight is 463 g/mol. The van der Waals surface area contributed by atoms with E-state index in [0.717, 1.165) is 18.4 Å². The van der Waals surface area contributed by atoms with Gasteiger partial charge in [0.15, 0.2) is 11.0 Å². The third kappa shape index (κ3) is 4.66. The van der Waals surface area contributed by atoms with Gasteiger partial charge in [-0.25, -0.2) is 8.78 Å². The topological polar surface area (TPSA) is 59.8 Å². The number of aromatic nitrogens is 3. The first-order valence-corrected chi connectivity index (χ1v) is 11.5. The lowest BCUT2D eigenvalue weighted by Crippen LogP contribution is -2.19. The Labute approximate surface area is 193 Å². The van der Waals surface area contributed by atoms with Crippen molar-refractivity contribution < 1.29 is 13.6 Å². The van der Waals surface area contributed by atoms with Crippen molar-refractivity contribution in [2.24, 2.45) is 0 Å². The van der Waals surface area contributed by atoms with E-state index >= 15 is 0 Å². The van der Waals surface area contributed by atoms with Gasteiger partial charge in [0.25, 0.3) is 0 Å². The summed E-state index contributed by atoms with van der Waals surface area (Å²) in [6.07, 6.45) is 1.90. The van der Waals surface area contributed by atoms with Gasteiger partial charge in [-0.3, -0.25) is 9.36 Å². The highest BCUT2D eigenvalue weighted by molar-refractivity contribution is 8.00. The molecule has 4 aromatic rings. The predicted molar refractivity (Wildman–Crippen MR) is 124 cm³/mol. The molecular weight excluding hydrogens is 442 g/mol. The van der Waals surface area contributed by atoms with E-state index in [9.17, 15) is 13.6 Å². The summed E-state index contributed by atoms with van der Waals surface area (Å²) in [5.41, 5.74) is 1.68. The van der Waals surface area contributed by atoms with Crippen LogP contribution >= 0.6 is 11.8 Å². The molecule has 1 amide bonds. The van der Waals surface area contributed by atoms with Crippen molar-refractivity contribution in [1.82, 2.24) is 14.8 Å². The molecule has 1 aliphatic carbocycles. The van der Waals surface area contributed by atoms with Gasteiger partial charge >= 0.3 is 0 Å². The van der Waals surface area contributed by atoms with Gasteiger partial charge in [-0.2, -0.15) is 0 Å². The summed E-state index contributed by atoms with van der Waals surface area (Å²) in [5, 5.41) is 11.4. The zero-order valence-electron chi connectivity index (χ0n) is 17.5. The van der Waals surface area contributed by atoms with Crippen molar-refractivity contribution in [3.05, 3.63) is 96.1 Å². The minimum absolute atomic E-state index is 0.175. The van der Waals surface area contributed by atoms with Crippen LogP contribution in [0.4, 0.5) is 14.5 Å². The second-order valence-corrected chi connectivity index (χ2v) is 8.86. The zero-order valence-corrected chi connectivity index (χ0v) is 18.3. The second kappa shape index (κ2) is 9.15. The Morgan fingerprint density at radius 1 is 0.939 bits per heavy atom. The minimum Gasteiger partial charge on any atom is -0.325 e. The van der Waals surface area contributed by atoms with Gasteiger partial charge < -0.3 is 5.32 Å². The fourth-order valence-electron chi connectivity index (χ4n) is 3.59. The molecule has 0 bridgehead atoms.